The fourth-order valence-electron chi connectivity index (χ4n) is 3.56. The average Bonchev–Trinajstić information content (AvgIpc) is 3.23. The average molecular weight is 365 g/mol. The summed E-state index contributed by atoms with van der Waals surface area (Å²) in [5.74, 6) is -1.41. The Kier molecular flexibility index (Phi) is 5.44. The number of thiazole rings is 1. The summed E-state index contributed by atoms with van der Waals surface area (Å²) in [7, 11) is 0. The molecule has 1 aliphatic carbocycles. The van der Waals surface area contributed by atoms with Crippen molar-refractivity contribution in [1.29, 1.82) is 0 Å². The summed E-state index contributed by atoms with van der Waals surface area (Å²) in [6.45, 7) is 0.678. The van der Waals surface area contributed by atoms with Gasteiger partial charge in [0.15, 0.2) is 0 Å². The number of carbonyl (C=O) groups is 1. The zero-order valence-electron chi connectivity index (χ0n) is 13.9. The lowest BCUT2D eigenvalue weighted by Gasteiger charge is -2.30. The number of nitrogens with two attached hydrogens (primary N) is 1. The van der Waals surface area contributed by atoms with Crippen LogP contribution in [0.4, 0.5) is 8.78 Å². The Morgan fingerprint density at radius 1 is 1.28 bits per heavy atom. The highest BCUT2D eigenvalue weighted by atomic mass is 32.1. The lowest BCUT2D eigenvalue weighted by molar-refractivity contribution is 0.0937. The van der Waals surface area contributed by atoms with Gasteiger partial charge in [0.25, 0.3) is 5.91 Å². The molecule has 134 valence electrons. The molecule has 0 spiro atoms. The lowest BCUT2D eigenvalue weighted by atomic mass is 9.78. The Hall–Kier alpha value is -1.86. The summed E-state index contributed by atoms with van der Waals surface area (Å²) in [5, 5.41) is 5.33. The molecule has 1 aromatic heterocycles. The van der Waals surface area contributed by atoms with Crippen LogP contribution in [-0.2, 0) is 11.8 Å². The van der Waals surface area contributed by atoms with Crippen molar-refractivity contribution >= 4 is 17.2 Å². The molecule has 1 aromatic carbocycles. The molecule has 0 bridgehead atoms. The zero-order chi connectivity index (χ0) is 17.9. The van der Waals surface area contributed by atoms with Crippen LogP contribution in [0.15, 0.2) is 23.6 Å². The molecule has 2 aromatic rings. The van der Waals surface area contributed by atoms with E-state index in [1.807, 2.05) is 0 Å². The van der Waals surface area contributed by atoms with E-state index in [4.69, 9.17) is 5.73 Å². The Labute approximate surface area is 149 Å². The van der Waals surface area contributed by atoms with E-state index in [-0.39, 0.29) is 18.0 Å². The SMILES string of the molecule is NCCc1nc(C(=O)NCC2(c3c(F)cccc3F)CCCC2)cs1. The minimum absolute atomic E-state index is 0.0925. The maximum atomic E-state index is 14.3. The Morgan fingerprint density at radius 2 is 1.96 bits per heavy atom. The van der Waals surface area contributed by atoms with E-state index in [9.17, 15) is 13.6 Å². The van der Waals surface area contributed by atoms with Crippen molar-refractivity contribution in [3.63, 3.8) is 0 Å². The predicted molar refractivity (Wildman–Crippen MR) is 93.7 cm³/mol. The molecule has 0 unspecified atom stereocenters. The minimum Gasteiger partial charge on any atom is -0.350 e. The highest BCUT2D eigenvalue weighted by molar-refractivity contribution is 7.09. The molecule has 1 aliphatic rings. The Balaban J connectivity index is 1.77. The molecule has 1 amide bonds. The van der Waals surface area contributed by atoms with E-state index >= 15 is 0 Å². The predicted octanol–water partition coefficient (Wildman–Crippen LogP) is 3.16. The third-order valence-electron chi connectivity index (χ3n) is 4.78. The number of nitrogens with one attached hydrogen (secondary N) is 1. The molecule has 0 aliphatic heterocycles. The van der Waals surface area contributed by atoms with Crippen LogP contribution in [0.1, 0.15) is 46.7 Å². The van der Waals surface area contributed by atoms with Crippen molar-refractivity contribution in [3.8, 4) is 0 Å². The second-order valence-corrected chi connectivity index (χ2v) is 7.37. The molecular weight excluding hydrogens is 344 g/mol. The molecule has 0 atom stereocenters. The van der Waals surface area contributed by atoms with Crippen LogP contribution in [0.3, 0.4) is 0 Å². The Morgan fingerprint density at radius 3 is 2.60 bits per heavy atom. The standard InChI is InChI=1S/C18H21F2N3OS/c19-12-4-3-5-13(20)16(12)18(7-1-2-8-18)11-22-17(24)14-10-25-15(23-14)6-9-21/h3-5,10H,1-2,6-9,11,21H2,(H,22,24). The first-order valence-electron chi connectivity index (χ1n) is 8.43. The Bertz CT molecular complexity index is 736. The summed E-state index contributed by atoms with van der Waals surface area (Å²) >= 11 is 1.39. The molecule has 4 nitrogen and oxygen atoms in total. The van der Waals surface area contributed by atoms with Crippen molar-refractivity contribution in [3.05, 3.63) is 51.5 Å². The number of hydrogen-bond donors (Lipinski definition) is 2. The molecule has 25 heavy (non-hydrogen) atoms. The summed E-state index contributed by atoms with van der Waals surface area (Å²) < 4.78 is 28.6. The van der Waals surface area contributed by atoms with E-state index in [0.717, 1.165) is 17.8 Å². The maximum Gasteiger partial charge on any atom is 0.270 e. The van der Waals surface area contributed by atoms with E-state index in [1.165, 1.54) is 29.5 Å². The fourth-order valence-corrected chi connectivity index (χ4v) is 4.36. The van der Waals surface area contributed by atoms with Crippen LogP contribution in [-0.4, -0.2) is 24.0 Å². The first kappa shape index (κ1) is 17.9. The highest BCUT2D eigenvalue weighted by Gasteiger charge is 2.40. The van der Waals surface area contributed by atoms with E-state index in [2.05, 4.69) is 10.3 Å². The third-order valence-corrected chi connectivity index (χ3v) is 5.69. The molecule has 1 fully saturated rings. The van der Waals surface area contributed by atoms with Gasteiger partial charge in [-0.2, -0.15) is 0 Å². The largest absolute Gasteiger partial charge is 0.350 e. The number of aromatic nitrogens is 1. The van der Waals surface area contributed by atoms with E-state index < -0.39 is 17.0 Å². The van der Waals surface area contributed by atoms with Gasteiger partial charge in [-0.3, -0.25) is 4.79 Å². The second-order valence-electron chi connectivity index (χ2n) is 6.43. The smallest absolute Gasteiger partial charge is 0.270 e. The van der Waals surface area contributed by atoms with Crippen molar-refractivity contribution < 1.29 is 13.6 Å². The summed E-state index contributed by atoms with van der Waals surface area (Å²) in [4.78, 5) is 16.6. The molecule has 1 saturated carbocycles. The minimum atomic E-state index is -0.693. The van der Waals surface area contributed by atoms with Gasteiger partial charge in [0.2, 0.25) is 0 Å². The van der Waals surface area contributed by atoms with E-state index in [0.29, 0.717) is 31.5 Å². The normalized spacial score (nSPS) is 16.1. The van der Waals surface area contributed by atoms with Gasteiger partial charge in [-0.15, -0.1) is 11.3 Å². The highest BCUT2D eigenvalue weighted by Crippen LogP contribution is 2.42. The van der Waals surface area contributed by atoms with Crippen LogP contribution in [0.5, 0.6) is 0 Å². The number of rotatable bonds is 6. The molecule has 0 saturated heterocycles. The van der Waals surface area contributed by atoms with Crippen LogP contribution < -0.4 is 11.1 Å². The van der Waals surface area contributed by atoms with Gasteiger partial charge < -0.3 is 11.1 Å². The van der Waals surface area contributed by atoms with Crippen molar-refractivity contribution in [1.82, 2.24) is 10.3 Å². The van der Waals surface area contributed by atoms with Crippen molar-refractivity contribution in [2.24, 2.45) is 5.73 Å². The van der Waals surface area contributed by atoms with Crippen LogP contribution in [0.25, 0.3) is 0 Å². The second kappa shape index (κ2) is 7.58. The number of amides is 1. The summed E-state index contributed by atoms with van der Waals surface area (Å²) in [5.41, 5.74) is 5.22. The fraction of sp³-hybridized carbons (Fsp3) is 0.444. The maximum absolute atomic E-state index is 14.3. The van der Waals surface area contributed by atoms with Gasteiger partial charge in [-0.1, -0.05) is 18.9 Å². The van der Waals surface area contributed by atoms with Crippen molar-refractivity contribution in [2.45, 2.75) is 37.5 Å². The summed E-state index contributed by atoms with van der Waals surface area (Å²) in [6.07, 6.45) is 3.71. The number of halogens is 2. The quantitative estimate of drug-likeness (QED) is 0.826. The molecular formula is C18H21F2N3OS. The number of benzene rings is 1. The molecule has 1 heterocycles. The van der Waals surface area contributed by atoms with Gasteiger partial charge in [-0.25, -0.2) is 13.8 Å². The molecule has 7 heteroatoms. The summed E-state index contributed by atoms with van der Waals surface area (Å²) in [6, 6.07) is 3.92. The van der Waals surface area contributed by atoms with Crippen LogP contribution >= 0.6 is 11.3 Å². The molecule has 0 radical (unpaired) electrons. The first-order valence-corrected chi connectivity index (χ1v) is 9.31. The van der Waals surface area contributed by atoms with Crippen LogP contribution in [0, 0.1) is 11.6 Å². The van der Waals surface area contributed by atoms with Gasteiger partial charge in [-0.05, 0) is 31.5 Å². The molecule has 3 rings (SSSR count). The van der Waals surface area contributed by atoms with Gasteiger partial charge in [0, 0.05) is 29.3 Å². The molecule has 3 N–H and O–H groups in total. The van der Waals surface area contributed by atoms with Gasteiger partial charge >= 0.3 is 0 Å². The van der Waals surface area contributed by atoms with Gasteiger partial charge in [0.1, 0.15) is 17.3 Å². The van der Waals surface area contributed by atoms with Crippen LogP contribution in [0.2, 0.25) is 0 Å². The lowest BCUT2D eigenvalue weighted by Crippen LogP contribution is -2.40. The first-order chi connectivity index (χ1) is 12.1. The van der Waals surface area contributed by atoms with Gasteiger partial charge in [0.05, 0.1) is 5.01 Å². The van der Waals surface area contributed by atoms with E-state index in [1.54, 1.807) is 5.38 Å². The van der Waals surface area contributed by atoms with Crippen molar-refractivity contribution in [2.75, 3.05) is 13.1 Å². The topological polar surface area (TPSA) is 68.0 Å². The third kappa shape index (κ3) is 3.72. The number of nitrogens with zero attached hydrogens (tertiary/aromatic N) is 1. The zero-order valence-corrected chi connectivity index (χ0v) is 14.7. The number of carbonyl (C=O) groups excluding carboxylic acids is 1. The number of hydrogen-bond acceptors (Lipinski definition) is 4. The monoisotopic (exact) mass is 365 g/mol.